The second-order valence-electron chi connectivity index (χ2n) is 8.04. The van der Waals surface area contributed by atoms with E-state index in [1.807, 2.05) is 0 Å². The average Bonchev–Trinajstić information content (AvgIpc) is 3.22. The first-order valence-electron chi connectivity index (χ1n) is 9.22. The largest absolute Gasteiger partial charge is 0.393 e. The molecule has 1 heterocycles. The molecule has 4 fully saturated rings. The van der Waals surface area contributed by atoms with Gasteiger partial charge in [0.05, 0.1) is 6.10 Å². The number of hydrogen-bond acceptors (Lipinski definition) is 2. The molecule has 118 valence electrons. The smallest absolute Gasteiger partial charge is 0.226 e. The number of amides is 1. The van der Waals surface area contributed by atoms with Crippen LogP contribution in [0.25, 0.3) is 0 Å². The summed E-state index contributed by atoms with van der Waals surface area (Å²) in [6.07, 6.45) is 11.6. The normalized spacial score (nSPS) is 46.2. The van der Waals surface area contributed by atoms with Gasteiger partial charge in [0.15, 0.2) is 0 Å². The SMILES string of the molecule is O=C(C1CC2CCC1C2)N1CCCCC1C1CCCC1O. The predicted molar refractivity (Wildman–Crippen MR) is 81.6 cm³/mol. The van der Waals surface area contributed by atoms with Gasteiger partial charge >= 0.3 is 0 Å². The Bertz CT molecular complexity index is 410. The van der Waals surface area contributed by atoms with Gasteiger partial charge in [-0.25, -0.2) is 0 Å². The van der Waals surface area contributed by atoms with Crippen molar-refractivity contribution in [1.29, 1.82) is 0 Å². The molecule has 1 saturated heterocycles. The molecule has 0 spiro atoms. The number of nitrogens with zero attached hydrogens (tertiary/aromatic N) is 1. The summed E-state index contributed by atoms with van der Waals surface area (Å²) in [5.74, 6) is 2.64. The molecule has 0 aromatic heterocycles. The van der Waals surface area contributed by atoms with Crippen LogP contribution in [0.2, 0.25) is 0 Å². The van der Waals surface area contributed by atoms with Crippen molar-refractivity contribution >= 4 is 5.91 Å². The Hall–Kier alpha value is -0.570. The van der Waals surface area contributed by atoms with E-state index in [1.165, 1.54) is 25.7 Å². The van der Waals surface area contributed by atoms with E-state index in [0.29, 0.717) is 29.7 Å². The van der Waals surface area contributed by atoms with E-state index < -0.39 is 0 Å². The fourth-order valence-electron chi connectivity index (χ4n) is 5.85. The van der Waals surface area contributed by atoms with E-state index in [1.54, 1.807) is 0 Å². The first kappa shape index (κ1) is 14.0. The van der Waals surface area contributed by atoms with Crippen LogP contribution < -0.4 is 0 Å². The van der Waals surface area contributed by atoms with Gasteiger partial charge in [-0.05, 0) is 63.2 Å². The lowest BCUT2D eigenvalue weighted by Gasteiger charge is -2.42. The summed E-state index contributed by atoms with van der Waals surface area (Å²) in [6, 6.07) is 0.336. The lowest BCUT2D eigenvalue weighted by molar-refractivity contribution is -0.143. The molecule has 1 aliphatic heterocycles. The molecule has 1 amide bonds. The van der Waals surface area contributed by atoms with Gasteiger partial charge in [0.2, 0.25) is 5.91 Å². The molecule has 21 heavy (non-hydrogen) atoms. The van der Waals surface area contributed by atoms with Gasteiger partial charge in [-0.2, -0.15) is 0 Å². The number of carbonyl (C=O) groups excluding carboxylic acids is 1. The Morgan fingerprint density at radius 1 is 0.952 bits per heavy atom. The maximum Gasteiger partial charge on any atom is 0.226 e. The Balaban J connectivity index is 1.49. The number of aliphatic hydroxyl groups is 1. The molecule has 0 radical (unpaired) electrons. The molecule has 1 N–H and O–H groups in total. The summed E-state index contributed by atoms with van der Waals surface area (Å²) in [4.78, 5) is 15.3. The number of likely N-dealkylation sites (tertiary alicyclic amines) is 1. The van der Waals surface area contributed by atoms with E-state index in [2.05, 4.69) is 4.90 Å². The molecule has 3 heteroatoms. The first-order valence-corrected chi connectivity index (χ1v) is 9.22. The number of aliphatic hydroxyl groups excluding tert-OH is 1. The van der Waals surface area contributed by atoms with E-state index in [0.717, 1.165) is 51.0 Å². The van der Waals surface area contributed by atoms with Crippen molar-refractivity contribution in [3.8, 4) is 0 Å². The van der Waals surface area contributed by atoms with Gasteiger partial charge in [0.25, 0.3) is 0 Å². The highest BCUT2D eigenvalue weighted by molar-refractivity contribution is 5.80. The Morgan fingerprint density at radius 3 is 2.52 bits per heavy atom. The molecule has 0 aromatic carbocycles. The maximum absolute atomic E-state index is 13.1. The highest BCUT2D eigenvalue weighted by atomic mass is 16.3. The van der Waals surface area contributed by atoms with Crippen molar-refractivity contribution in [3.63, 3.8) is 0 Å². The summed E-state index contributed by atoms with van der Waals surface area (Å²) in [7, 11) is 0. The van der Waals surface area contributed by atoms with Crippen molar-refractivity contribution in [2.75, 3.05) is 6.54 Å². The zero-order valence-electron chi connectivity index (χ0n) is 13.0. The lowest BCUT2D eigenvalue weighted by Crippen LogP contribution is -2.51. The number of carbonyl (C=O) groups is 1. The quantitative estimate of drug-likeness (QED) is 0.849. The van der Waals surface area contributed by atoms with Crippen LogP contribution in [-0.4, -0.2) is 34.6 Å². The molecule has 4 aliphatic rings. The van der Waals surface area contributed by atoms with Crippen LogP contribution in [-0.2, 0) is 4.79 Å². The van der Waals surface area contributed by atoms with Crippen LogP contribution in [0.4, 0.5) is 0 Å². The standard InChI is InChI=1S/C18H29NO2/c20-17-6-3-4-14(17)16-5-1-2-9-19(16)18(21)15-11-12-7-8-13(15)10-12/h12-17,20H,1-11H2. The number of rotatable bonds is 2. The third-order valence-corrected chi connectivity index (χ3v) is 6.91. The zero-order valence-corrected chi connectivity index (χ0v) is 13.0. The van der Waals surface area contributed by atoms with Crippen LogP contribution >= 0.6 is 0 Å². The van der Waals surface area contributed by atoms with Crippen molar-refractivity contribution in [2.24, 2.45) is 23.7 Å². The average molecular weight is 291 g/mol. The lowest BCUT2D eigenvalue weighted by atomic mass is 9.83. The van der Waals surface area contributed by atoms with Crippen LogP contribution in [0.5, 0.6) is 0 Å². The van der Waals surface area contributed by atoms with Crippen LogP contribution in [0, 0.1) is 23.7 Å². The zero-order chi connectivity index (χ0) is 14.4. The summed E-state index contributed by atoms with van der Waals surface area (Å²) < 4.78 is 0. The Morgan fingerprint density at radius 2 is 1.86 bits per heavy atom. The highest BCUT2D eigenvalue weighted by Gasteiger charge is 2.47. The van der Waals surface area contributed by atoms with E-state index >= 15 is 0 Å². The van der Waals surface area contributed by atoms with E-state index in [-0.39, 0.29) is 6.10 Å². The van der Waals surface area contributed by atoms with Crippen LogP contribution in [0.15, 0.2) is 0 Å². The molecular weight excluding hydrogens is 262 g/mol. The first-order chi connectivity index (χ1) is 10.2. The number of piperidine rings is 1. The summed E-state index contributed by atoms with van der Waals surface area (Å²) >= 11 is 0. The second-order valence-corrected chi connectivity index (χ2v) is 8.04. The third-order valence-electron chi connectivity index (χ3n) is 6.91. The summed E-state index contributed by atoms with van der Waals surface area (Å²) in [5.41, 5.74) is 0. The molecule has 3 aliphatic carbocycles. The third kappa shape index (κ3) is 2.42. The van der Waals surface area contributed by atoms with Crippen molar-refractivity contribution in [2.45, 2.75) is 76.4 Å². The van der Waals surface area contributed by atoms with Gasteiger partial charge in [-0.1, -0.05) is 12.8 Å². The fraction of sp³-hybridized carbons (Fsp3) is 0.944. The Kier molecular flexibility index (Phi) is 3.72. The summed E-state index contributed by atoms with van der Waals surface area (Å²) in [6.45, 7) is 0.945. The molecule has 2 bridgehead atoms. The minimum atomic E-state index is -0.163. The molecular formula is C18H29NO2. The van der Waals surface area contributed by atoms with Gasteiger partial charge in [0, 0.05) is 24.4 Å². The van der Waals surface area contributed by atoms with Crippen molar-refractivity contribution in [3.05, 3.63) is 0 Å². The highest BCUT2D eigenvalue weighted by Crippen LogP contribution is 2.49. The molecule has 4 rings (SSSR count). The van der Waals surface area contributed by atoms with Crippen LogP contribution in [0.1, 0.15) is 64.2 Å². The minimum absolute atomic E-state index is 0.163. The molecule has 6 unspecified atom stereocenters. The Labute approximate surface area is 128 Å². The van der Waals surface area contributed by atoms with Gasteiger partial charge in [-0.15, -0.1) is 0 Å². The van der Waals surface area contributed by atoms with E-state index in [4.69, 9.17) is 0 Å². The van der Waals surface area contributed by atoms with Crippen LogP contribution in [0.3, 0.4) is 0 Å². The van der Waals surface area contributed by atoms with Crippen molar-refractivity contribution < 1.29 is 9.90 Å². The molecule has 3 nitrogen and oxygen atoms in total. The van der Waals surface area contributed by atoms with Gasteiger partial charge in [0.1, 0.15) is 0 Å². The van der Waals surface area contributed by atoms with Gasteiger partial charge < -0.3 is 10.0 Å². The molecule has 6 atom stereocenters. The summed E-state index contributed by atoms with van der Waals surface area (Å²) in [5, 5.41) is 10.3. The molecule has 0 aromatic rings. The monoisotopic (exact) mass is 291 g/mol. The number of fused-ring (bicyclic) bond motifs is 2. The maximum atomic E-state index is 13.1. The topological polar surface area (TPSA) is 40.5 Å². The van der Waals surface area contributed by atoms with Gasteiger partial charge in [-0.3, -0.25) is 4.79 Å². The second kappa shape index (κ2) is 5.57. The predicted octanol–water partition coefficient (Wildman–Crippen LogP) is 2.96. The molecule has 3 saturated carbocycles. The minimum Gasteiger partial charge on any atom is -0.393 e. The fourth-order valence-corrected chi connectivity index (χ4v) is 5.85. The number of hydrogen-bond donors (Lipinski definition) is 1. The van der Waals surface area contributed by atoms with Crippen molar-refractivity contribution in [1.82, 2.24) is 4.90 Å². The van der Waals surface area contributed by atoms with E-state index in [9.17, 15) is 9.90 Å².